The molecule has 1 aliphatic rings. The molecule has 2 heterocycles. The van der Waals surface area contributed by atoms with Crippen molar-refractivity contribution in [2.24, 2.45) is 0 Å². The highest BCUT2D eigenvalue weighted by Gasteiger charge is 2.18. The van der Waals surface area contributed by atoms with Crippen LogP contribution in [0.4, 0.5) is 0 Å². The van der Waals surface area contributed by atoms with Gasteiger partial charge in [-0.1, -0.05) is 128 Å². The molecule has 1 N–H and O–H groups in total. The molecular formula is C44H38N2. The Bertz CT molecular complexity index is 2030. The first-order chi connectivity index (χ1) is 22.7. The van der Waals surface area contributed by atoms with Crippen LogP contribution in [0.25, 0.3) is 51.0 Å². The molecule has 0 atom stereocenters. The summed E-state index contributed by atoms with van der Waals surface area (Å²) in [5, 5.41) is 4.73. The quantitative estimate of drug-likeness (QED) is 0.198. The van der Waals surface area contributed by atoms with Gasteiger partial charge in [0, 0.05) is 34.1 Å². The van der Waals surface area contributed by atoms with E-state index in [1.54, 1.807) is 0 Å². The zero-order valence-electron chi connectivity index (χ0n) is 26.4. The average molecular weight is 595 g/mol. The maximum absolute atomic E-state index is 4.20. The highest BCUT2D eigenvalue weighted by molar-refractivity contribution is 5.96. The predicted molar refractivity (Wildman–Crippen MR) is 199 cm³/mol. The lowest BCUT2D eigenvalue weighted by Crippen LogP contribution is -2.07. The van der Waals surface area contributed by atoms with Gasteiger partial charge < -0.3 is 9.88 Å². The van der Waals surface area contributed by atoms with Crippen LogP contribution in [0.5, 0.6) is 0 Å². The van der Waals surface area contributed by atoms with Gasteiger partial charge in [-0.05, 0) is 89.7 Å². The second kappa shape index (κ2) is 13.8. The fraction of sp³-hybridized carbons (Fsp3) is 0.0455. The highest BCUT2D eigenvalue weighted by Crippen LogP contribution is 2.36. The van der Waals surface area contributed by atoms with Crippen molar-refractivity contribution in [3.8, 4) is 27.9 Å². The molecule has 0 bridgehead atoms. The van der Waals surface area contributed by atoms with Gasteiger partial charge in [-0.15, -0.1) is 0 Å². The summed E-state index contributed by atoms with van der Waals surface area (Å²) in [5.74, 6) is 0. The number of aromatic nitrogens is 1. The lowest BCUT2D eigenvalue weighted by molar-refractivity contribution is 1.09. The van der Waals surface area contributed by atoms with E-state index in [9.17, 15) is 0 Å². The van der Waals surface area contributed by atoms with Crippen molar-refractivity contribution in [2.45, 2.75) is 13.8 Å². The number of nitrogens with zero attached hydrogens (tertiary/aromatic N) is 1. The van der Waals surface area contributed by atoms with E-state index in [-0.39, 0.29) is 0 Å². The van der Waals surface area contributed by atoms with Gasteiger partial charge in [0.2, 0.25) is 0 Å². The highest BCUT2D eigenvalue weighted by atomic mass is 15.0. The molecule has 5 aromatic rings. The van der Waals surface area contributed by atoms with Gasteiger partial charge in [-0.2, -0.15) is 0 Å². The molecule has 4 aromatic carbocycles. The first-order valence-corrected chi connectivity index (χ1v) is 15.7. The van der Waals surface area contributed by atoms with Gasteiger partial charge in [0.05, 0.1) is 11.2 Å². The number of para-hydroxylation sites is 1. The number of hydrogen-bond donors (Lipinski definition) is 1. The van der Waals surface area contributed by atoms with E-state index in [4.69, 9.17) is 0 Å². The average Bonchev–Trinajstić information content (AvgIpc) is 3.41. The Morgan fingerprint density at radius 1 is 0.609 bits per heavy atom. The molecule has 0 amide bonds. The Labute approximate surface area is 272 Å². The van der Waals surface area contributed by atoms with E-state index in [0.29, 0.717) is 0 Å². The molecule has 0 aliphatic carbocycles. The van der Waals surface area contributed by atoms with Crippen LogP contribution in [-0.4, -0.2) is 4.57 Å². The van der Waals surface area contributed by atoms with Crippen molar-refractivity contribution in [1.29, 1.82) is 0 Å². The molecule has 1 aromatic heterocycles. The largest absolute Gasteiger partial charge is 0.361 e. The maximum Gasteiger partial charge on any atom is 0.0541 e. The van der Waals surface area contributed by atoms with Crippen molar-refractivity contribution >= 4 is 23.1 Å². The van der Waals surface area contributed by atoms with E-state index in [1.165, 1.54) is 27.6 Å². The fourth-order valence-electron chi connectivity index (χ4n) is 6.17. The third kappa shape index (κ3) is 5.94. The third-order valence-electron chi connectivity index (χ3n) is 8.23. The first-order valence-electron chi connectivity index (χ1n) is 15.7. The van der Waals surface area contributed by atoms with Crippen LogP contribution in [0.1, 0.15) is 25.1 Å². The van der Waals surface area contributed by atoms with Gasteiger partial charge in [-0.25, -0.2) is 0 Å². The summed E-state index contributed by atoms with van der Waals surface area (Å²) in [7, 11) is 0. The summed E-state index contributed by atoms with van der Waals surface area (Å²) in [4.78, 5) is 0. The Kier molecular flexibility index (Phi) is 9.08. The van der Waals surface area contributed by atoms with Gasteiger partial charge in [0.15, 0.2) is 0 Å². The summed E-state index contributed by atoms with van der Waals surface area (Å²) in [6, 6.07) is 36.8. The number of nitrogens with one attached hydrogen (secondary N) is 1. The lowest BCUT2D eigenvalue weighted by atomic mass is 9.96. The smallest absolute Gasteiger partial charge is 0.0541 e. The molecule has 0 radical (unpaired) electrons. The van der Waals surface area contributed by atoms with Crippen molar-refractivity contribution in [3.05, 3.63) is 199 Å². The second-order valence-corrected chi connectivity index (χ2v) is 11.1. The van der Waals surface area contributed by atoms with Crippen LogP contribution in [-0.2, 0) is 0 Å². The molecule has 0 saturated heterocycles. The molecule has 0 fully saturated rings. The number of benzene rings is 4. The van der Waals surface area contributed by atoms with Crippen molar-refractivity contribution in [1.82, 2.24) is 9.88 Å². The molecule has 0 saturated carbocycles. The van der Waals surface area contributed by atoms with Gasteiger partial charge >= 0.3 is 0 Å². The van der Waals surface area contributed by atoms with E-state index < -0.39 is 0 Å². The molecule has 224 valence electrons. The molecule has 1 aliphatic heterocycles. The Morgan fingerprint density at radius 3 is 1.83 bits per heavy atom. The van der Waals surface area contributed by atoms with Crippen LogP contribution < -0.4 is 5.32 Å². The minimum atomic E-state index is 0.953. The molecular weight excluding hydrogens is 556 g/mol. The van der Waals surface area contributed by atoms with Crippen molar-refractivity contribution < 1.29 is 0 Å². The number of allylic oxidation sites excluding steroid dienone is 10. The predicted octanol–water partition coefficient (Wildman–Crippen LogP) is 11.6. The van der Waals surface area contributed by atoms with Crippen LogP contribution in [0, 0.1) is 0 Å². The molecule has 0 spiro atoms. The maximum atomic E-state index is 4.20. The summed E-state index contributed by atoms with van der Waals surface area (Å²) in [5.41, 5.74) is 13.1. The second-order valence-electron chi connectivity index (χ2n) is 11.1. The molecule has 6 rings (SSSR count). The topological polar surface area (TPSA) is 17.0 Å². The molecule has 46 heavy (non-hydrogen) atoms. The SMILES string of the molecule is C=CC1=C(\C=C/C)/C=C\c2c(c3ccccc3n2-c2cc(-c3ccccc3)cc(-c3ccccc3)c2)/C=C/NC(/C=C\C)=C\1C=C. The van der Waals surface area contributed by atoms with E-state index >= 15 is 0 Å². The van der Waals surface area contributed by atoms with Crippen molar-refractivity contribution in [2.75, 3.05) is 0 Å². The van der Waals surface area contributed by atoms with Gasteiger partial charge in [0.1, 0.15) is 0 Å². The zero-order chi connectivity index (χ0) is 31.9. The van der Waals surface area contributed by atoms with Crippen LogP contribution in [0.3, 0.4) is 0 Å². The summed E-state index contributed by atoms with van der Waals surface area (Å²) < 4.78 is 2.39. The Balaban J connectivity index is 1.69. The number of fused-ring (bicyclic) bond motifs is 3. The van der Waals surface area contributed by atoms with Gasteiger partial charge in [-0.3, -0.25) is 0 Å². The summed E-state index contributed by atoms with van der Waals surface area (Å²) in [6.45, 7) is 12.4. The molecule has 0 unspecified atom stereocenters. The van der Waals surface area contributed by atoms with E-state index in [0.717, 1.165) is 44.9 Å². The van der Waals surface area contributed by atoms with Crippen LogP contribution in [0.15, 0.2) is 187 Å². The van der Waals surface area contributed by atoms with Crippen molar-refractivity contribution in [3.63, 3.8) is 0 Å². The Morgan fingerprint density at radius 2 is 1.22 bits per heavy atom. The number of hydrogen-bond acceptors (Lipinski definition) is 1. The zero-order valence-corrected chi connectivity index (χ0v) is 26.4. The van der Waals surface area contributed by atoms with Gasteiger partial charge in [0.25, 0.3) is 0 Å². The monoisotopic (exact) mass is 594 g/mol. The van der Waals surface area contributed by atoms with E-state index in [1.807, 2.05) is 38.3 Å². The lowest BCUT2D eigenvalue weighted by Gasteiger charge is -2.15. The van der Waals surface area contributed by atoms with Crippen LogP contribution in [0.2, 0.25) is 0 Å². The normalized spacial score (nSPS) is 18.2. The summed E-state index contributed by atoms with van der Waals surface area (Å²) in [6.07, 6.45) is 20.7. The third-order valence-corrected chi connectivity index (χ3v) is 8.23. The first kappa shape index (κ1) is 30.2. The Hall–Kier alpha value is -5.86. The summed E-state index contributed by atoms with van der Waals surface area (Å²) >= 11 is 0. The fourth-order valence-corrected chi connectivity index (χ4v) is 6.17. The van der Waals surface area contributed by atoms with E-state index in [2.05, 4.69) is 163 Å². The number of rotatable bonds is 7. The standard InChI is InChI=1S/C44H38N2/c1-5-17-34-25-26-44-41(27-28-45-42(18-6-2)39(8-4)38(34)7-3)40-23-15-16-24-43(40)46(44)37-30-35(32-19-11-9-12-20-32)29-36(31-37)33-21-13-10-14-22-33/h5-31,45H,3-4H2,1-2H3/b17-5-,18-6-,26-25-,28-27+,38-34-,42-39-. The minimum Gasteiger partial charge on any atom is -0.361 e. The minimum absolute atomic E-state index is 0.953. The molecule has 2 nitrogen and oxygen atoms in total. The van der Waals surface area contributed by atoms with Crippen LogP contribution >= 0.6 is 0 Å². The molecule has 2 heteroatoms.